The van der Waals surface area contributed by atoms with Gasteiger partial charge in [-0.15, -0.1) is 0 Å². The van der Waals surface area contributed by atoms with Crippen molar-refractivity contribution in [2.75, 3.05) is 44.7 Å². The number of ether oxygens (including phenoxy) is 1. The molecule has 4 aromatic heterocycles. The Labute approximate surface area is 207 Å². The minimum atomic E-state index is -0.299. The van der Waals surface area contributed by atoms with Gasteiger partial charge in [-0.1, -0.05) is 0 Å². The van der Waals surface area contributed by atoms with E-state index >= 15 is 0 Å². The number of carbonyl (C=O) groups excluding carboxylic acids is 2. The van der Waals surface area contributed by atoms with Crippen LogP contribution >= 0.6 is 0 Å². The van der Waals surface area contributed by atoms with Crippen LogP contribution in [0.25, 0.3) is 22.3 Å². The molecule has 0 spiro atoms. The summed E-state index contributed by atoms with van der Waals surface area (Å²) >= 11 is 0. The molecule has 36 heavy (non-hydrogen) atoms. The van der Waals surface area contributed by atoms with Crippen molar-refractivity contribution in [2.45, 2.75) is 13.8 Å². The number of pyridine rings is 2. The number of amides is 2. The van der Waals surface area contributed by atoms with Gasteiger partial charge in [0.15, 0.2) is 5.69 Å². The molecule has 5 heterocycles. The zero-order chi connectivity index (χ0) is 25.1. The number of morpholine rings is 1. The van der Waals surface area contributed by atoms with Crippen molar-refractivity contribution in [3.8, 4) is 11.3 Å². The normalized spacial score (nSPS) is 14.2. The number of aryl methyl sites for hydroxylation is 1. The fraction of sp³-hybridized carbons (Fsp3) is 0.320. The number of nitrogens with zero attached hydrogens (tertiary/aromatic N) is 4. The van der Waals surface area contributed by atoms with E-state index in [9.17, 15) is 9.59 Å². The van der Waals surface area contributed by atoms with Gasteiger partial charge in [-0.25, -0.2) is 4.98 Å². The number of nitrogens with one attached hydrogen (secondary N) is 4. The summed E-state index contributed by atoms with van der Waals surface area (Å²) < 4.78 is 5.35. The maximum atomic E-state index is 12.6. The van der Waals surface area contributed by atoms with E-state index in [0.717, 1.165) is 60.7 Å². The van der Waals surface area contributed by atoms with Crippen LogP contribution in [0, 0.1) is 13.8 Å². The molecular weight excluding hydrogens is 460 g/mol. The lowest BCUT2D eigenvalue weighted by atomic mass is 10.1. The lowest BCUT2D eigenvalue weighted by Crippen LogP contribution is -2.41. The highest BCUT2D eigenvalue weighted by atomic mass is 16.5. The van der Waals surface area contributed by atoms with Crippen LogP contribution < -0.4 is 10.6 Å². The number of H-pyrrole nitrogens is 2. The SMILES string of the molecule is Cc1[nH]nc(C(=O)Nc2cnc3[nH]c(-c4ccnc(C(=O)NCCN5CCOCC5)c4)cc3c2)c1C. The summed E-state index contributed by atoms with van der Waals surface area (Å²) in [5.41, 5.74) is 5.21. The number of fused-ring (bicyclic) bond motifs is 1. The zero-order valence-corrected chi connectivity index (χ0v) is 20.2. The molecule has 11 heteroatoms. The monoisotopic (exact) mass is 488 g/mol. The first-order valence-corrected chi connectivity index (χ1v) is 11.8. The molecule has 0 atom stereocenters. The second kappa shape index (κ2) is 10.3. The van der Waals surface area contributed by atoms with Crippen LogP contribution in [-0.4, -0.2) is 81.3 Å². The molecule has 0 bridgehead atoms. The molecule has 4 aromatic rings. The van der Waals surface area contributed by atoms with Gasteiger partial charge in [0.25, 0.3) is 11.8 Å². The Hall–Kier alpha value is -4.09. The third-order valence-electron chi connectivity index (χ3n) is 6.32. The highest BCUT2D eigenvalue weighted by molar-refractivity contribution is 6.04. The zero-order valence-electron chi connectivity index (χ0n) is 20.2. The molecule has 1 fully saturated rings. The van der Waals surface area contributed by atoms with Crippen molar-refractivity contribution in [3.63, 3.8) is 0 Å². The van der Waals surface area contributed by atoms with Crippen molar-refractivity contribution in [2.24, 2.45) is 0 Å². The second-order valence-electron chi connectivity index (χ2n) is 8.76. The van der Waals surface area contributed by atoms with Gasteiger partial charge in [-0.3, -0.25) is 24.6 Å². The van der Waals surface area contributed by atoms with Crippen LogP contribution in [0.4, 0.5) is 5.69 Å². The third kappa shape index (κ3) is 5.11. The smallest absolute Gasteiger partial charge is 0.276 e. The van der Waals surface area contributed by atoms with E-state index in [1.54, 1.807) is 18.5 Å². The van der Waals surface area contributed by atoms with Gasteiger partial charge in [-0.2, -0.15) is 5.10 Å². The molecule has 11 nitrogen and oxygen atoms in total. The van der Waals surface area contributed by atoms with Crippen LogP contribution in [0.1, 0.15) is 32.2 Å². The number of hydrogen-bond acceptors (Lipinski definition) is 7. The number of anilines is 1. The predicted octanol–water partition coefficient (Wildman–Crippen LogP) is 2.28. The standard InChI is InChI=1S/C25H28N8O3/c1-15-16(2)31-32-22(15)25(35)29-19-11-18-13-20(30-23(18)28-14-19)17-3-4-26-21(12-17)24(34)27-5-6-33-7-9-36-10-8-33/h3-4,11-14H,5-10H2,1-2H3,(H,27,34)(H,28,30)(H,29,35)(H,31,32). The number of carbonyl (C=O) groups is 2. The van der Waals surface area contributed by atoms with Crippen molar-refractivity contribution < 1.29 is 14.3 Å². The average Bonchev–Trinajstić information content (AvgIpc) is 3.47. The molecule has 0 radical (unpaired) electrons. The topological polar surface area (TPSA) is 141 Å². The molecule has 1 saturated heterocycles. The van der Waals surface area contributed by atoms with E-state index in [1.165, 1.54) is 0 Å². The fourth-order valence-electron chi connectivity index (χ4n) is 4.10. The summed E-state index contributed by atoms with van der Waals surface area (Å²) in [4.78, 5) is 39.4. The maximum absolute atomic E-state index is 12.6. The Morgan fingerprint density at radius 2 is 1.94 bits per heavy atom. The third-order valence-corrected chi connectivity index (χ3v) is 6.32. The van der Waals surface area contributed by atoms with Crippen LogP contribution in [0.5, 0.6) is 0 Å². The first-order chi connectivity index (χ1) is 17.5. The summed E-state index contributed by atoms with van der Waals surface area (Å²) in [5, 5.41) is 13.5. The molecule has 1 aliphatic rings. The van der Waals surface area contributed by atoms with Gasteiger partial charge in [0.05, 0.1) is 25.1 Å². The van der Waals surface area contributed by atoms with E-state index in [1.807, 2.05) is 32.0 Å². The van der Waals surface area contributed by atoms with Gasteiger partial charge in [0.2, 0.25) is 0 Å². The lowest BCUT2D eigenvalue weighted by Gasteiger charge is -2.26. The van der Waals surface area contributed by atoms with Crippen molar-refractivity contribution in [1.82, 2.24) is 35.4 Å². The van der Waals surface area contributed by atoms with Crippen LogP contribution in [0.2, 0.25) is 0 Å². The van der Waals surface area contributed by atoms with E-state index in [2.05, 4.69) is 40.7 Å². The summed E-state index contributed by atoms with van der Waals surface area (Å²) in [6.07, 6.45) is 3.21. The van der Waals surface area contributed by atoms with Gasteiger partial charge in [-0.05, 0) is 38.1 Å². The highest BCUT2D eigenvalue weighted by Crippen LogP contribution is 2.25. The molecule has 0 saturated carbocycles. The molecule has 1 aliphatic heterocycles. The summed E-state index contributed by atoms with van der Waals surface area (Å²) in [5.74, 6) is -0.514. The number of aromatic amines is 2. The van der Waals surface area contributed by atoms with Gasteiger partial charge in [0, 0.05) is 60.3 Å². The summed E-state index contributed by atoms with van der Waals surface area (Å²) in [6.45, 7) is 8.27. The minimum absolute atomic E-state index is 0.215. The maximum Gasteiger partial charge on any atom is 0.276 e. The van der Waals surface area contributed by atoms with Crippen molar-refractivity contribution >= 4 is 28.5 Å². The fourth-order valence-corrected chi connectivity index (χ4v) is 4.10. The van der Waals surface area contributed by atoms with Gasteiger partial charge >= 0.3 is 0 Å². The number of rotatable bonds is 7. The molecule has 2 amide bonds. The molecule has 0 unspecified atom stereocenters. The Morgan fingerprint density at radius 1 is 1.11 bits per heavy atom. The second-order valence-corrected chi connectivity index (χ2v) is 8.76. The van der Waals surface area contributed by atoms with E-state index in [0.29, 0.717) is 29.3 Å². The van der Waals surface area contributed by atoms with Gasteiger partial charge in [0.1, 0.15) is 11.3 Å². The average molecular weight is 489 g/mol. The number of hydrogen-bond donors (Lipinski definition) is 4. The molecular formula is C25H28N8O3. The summed E-state index contributed by atoms with van der Waals surface area (Å²) in [7, 11) is 0. The molecule has 5 rings (SSSR count). The lowest BCUT2D eigenvalue weighted by molar-refractivity contribution is 0.0383. The van der Waals surface area contributed by atoms with Crippen LogP contribution in [-0.2, 0) is 4.74 Å². The van der Waals surface area contributed by atoms with Crippen LogP contribution in [0.3, 0.4) is 0 Å². The van der Waals surface area contributed by atoms with Gasteiger partial charge < -0.3 is 20.4 Å². The van der Waals surface area contributed by atoms with E-state index < -0.39 is 0 Å². The Morgan fingerprint density at radius 3 is 2.72 bits per heavy atom. The quantitative estimate of drug-likeness (QED) is 0.313. The van der Waals surface area contributed by atoms with E-state index in [4.69, 9.17) is 4.74 Å². The Bertz CT molecular complexity index is 1400. The first kappa shape index (κ1) is 23.6. The molecule has 186 valence electrons. The number of aromatic nitrogens is 5. The Balaban J connectivity index is 1.26. The predicted molar refractivity (Wildman–Crippen MR) is 135 cm³/mol. The molecule has 0 aromatic carbocycles. The van der Waals surface area contributed by atoms with E-state index in [-0.39, 0.29) is 11.8 Å². The first-order valence-electron chi connectivity index (χ1n) is 11.8. The minimum Gasteiger partial charge on any atom is -0.379 e. The largest absolute Gasteiger partial charge is 0.379 e. The Kier molecular flexibility index (Phi) is 6.74. The van der Waals surface area contributed by atoms with Crippen molar-refractivity contribution in [1.29, 1.82) is 0 Å². The highest BCUT2D eigenvalue weighted by Gasteiger charge is 2.16. The summed E-state index contributed by atoms with van der Waals surface area (Å²) in [6, 6.07) is 7.35. The van der Waals surface area contributed by atoms with Crippen LogP contribution in [0.15, 0.2) is 36.7 Å². The van der Waals surface area contributed by atoms with Crippen molar-refractivity contribution in [3.05, 3.63) is 59.3 Å². The molecule has 0 aliphatic carbocycles. The molecule has 4 N–H and O–H groups in total.